The minimum absolute atomic E-state index is 0.116. The van der Waals surface area contributed by atoms with E-state index in [0.717, 1.165) is 19.3 Å². The Balaban J connectivity index is 3.24. The lowest BCUT2D eigenvalue weighted by Crippen LogP contribution is -2.25. The third-order valence-electron chi connectivity index (χ3n) is 2.16. The van der Waals surface area contributed by atoms with Crippen LogP contribution in [0.5, 0.6) is 0 Å². The molecule has 16 heavy (non-hydrogen) atoms. The molecular formula is C12H26N2O2. The smallest absolute Gasteiger partial charge is 0.219 e. The number of ether oxygens (including phenoxy) is 1. The fourth-order valence-electron chi connectivity index (χ4n) is 1.29. The number of carbonyl (C=O) groups is 1. The van der Waals surface area contributed by atoms with Crippen molar-refractivity contribution in [3.05, 3.63) is 0 Å². The Morgan fingerprint density at radius 2 is 2.00 bits per heavy atom. The number of hydrogen-bond acceptors (Lipinski definition) is 3. The monoisotopic (exact) mass is 230 g/mol. The molecule has 4 nitrogen and oxygen atoms in total. The Kier molecular flexibility index (Phi) is 9.24. The Bertz CT molecular complexity index is 182. The van der Waals surface area contributed by atoms with E-state index in [1.807, 2.05) is 20.8 Å². The van der Waals surface area contributed by atoms with Crippen molar-refractivity contribution in [2.45, 2.75) is 58.6 Å². The summed E-state index contributed by atoms with van der Waals surface area (Å²) in [6.45, 7) is 7.38. The van der Waals surface area contributed by atoms with Crippen LogP contribution >= 0.6 is 0 Å². The minimum atomic E-state index is 0.116. The molecule has 0 saturated carbocycles. The molecule has 0 aromatic rings. The van der Waals surface area contributed by atoms with Crippen LogP contribution in [0.25, 0.3) is 0 Å². The van der Waals surface area contributed by atoms with Crippen LogP contribution in [0.3, 0.4) is 0 Å². The number of amides is 1. The second-order valence-electron chi connectivity index (χ2n) is 4.49. The van der Waals surface area contributed by atoms with Crippen molar-refractivity contribution in [1.29, 1.82) is 0 Å². The van der Waals surface area contributed by atoms with Crippen molar-refractivity contribution in [3.8, 4) is 0 Å². The van der Waals surface area contributed by atoms with Gasteiger partial charge in [-0.2, -0.15) is 0 Å². The van der Waals surface area contributed by atoms with E-state index in [0.29, 0.717) is 19.6 Å². The molecule has 0 aliphatic carbocycles. The van der Waals surface area contributed by atoms with Gasteiger partial charge in [0.05, 0.1) is 6.10 Å². The van der Waals surface area contributed by atoms with Gasteiger partial charge in [0, 0.05) is 25.6 Å². The highest BCUT2D eigenvalue weighted by atomic mass is 16.5. The average Bonchev–Trinajstić information content (AvgIpc) is 2.16. The van der Waals surface area contributed by atoms with Gasteiger partial charge in [0.25, 0.3) is 0 Å². The number of nitrogens with two attached hydrogens (primary N) is 1. The van der Waals surface area contributed by atoms with E-state index in [-0.39, 0.29) is 18.1 Å². The molecular weight excluding hydrogens is 204 g/mol. The molecule has 0 aromatic carbocycles. The molecule has 1 atom stereocenters. The summed E-state index contributed by atoms with van der Waals surface area (Å²) in [5.74, 6) is 0.116. The van der Waals surface area contributed by atoms with E-state index in [9.17, 15) is 4.79 Å². The van der Waals surface area contributed by atoms with Crippen LogP contribution in [0.15, 0.2) is 0 Å². The third-order valence-corrected chi connectivity index (χ3v) is 2.16. The Morgan fingerprint density at radius 1 is 1.31 bits per heavy atom. The molecule has 1 amide bonds. The van der Waals surface area contributed by atoms with Crippen molar-refractivity contribution in [2.75, 3.05) is 13.2 Å². The van der Waals surface area contributed by atoms with Crippen LogP contribution in [0.4, 0.5) is 0 Å². The normalized spacial score (nSPS) is 12.8. The van der Waals surface area contributed by atoms with E-state index in [2.05, 4.69) is 5.32 Å². The fourth-order valence-corrected chi connectivity index (χ4v) is 1.29. The van der Waals surface area contributed by atoms with E-state index in [1.165, 1.54) is 0 Å². The first kappa shape index (κ1) is 15.4. The predicted octanol–water partition coefficient (Wildman–Crippen LogP) is 1.44. The van der Waals surface area contributed by atoms with Crippen LogP contribution in [-0.4, -0.2) is 31.2 Å². The number of nitrogens with one attached hydrogen (secondary N) is 1. The third kappa shape index (κ3) is 11.5. The van der Waals surface area contributed by atoms with Gasteiger partial charge >= 0.3 is 0 Å². The molecule has 0 heterocycles. The second kappa shape index (κ2) is 9.60. The zero-order valence-corrected chi connectivity index (χ0v) is 10.8. The number of rotatable bonds is 9. The summed E-state index contributed by atoms with van der Waals surface area (Å²) in [6.07, 6.45) is 3.49. The summed E-state index contributed by atoms with van der Waals surface area (Å²) >= 11 is 0. The van der Waals surface area contributed by atoms with Crippen LogP contribution in [0.1, 0.15) is 46.5 Å². The lowest BCUT2D eigenvalue weighted by Gasteiger charge is -2.08. The zero-order chi connectivity index (χ0) is 12.4. The Morgan fingerprint density at radius 3 is 2.56 bits per heavy atom. The molecule has 0 bridgehead atoms. The first-order chi connectivity index (χ1) is 7.52. The molecule has 0 aliphatic rings. The van der Waals surface area contributed by atoms with Gasteiger partial charge < -0.3 is 15.8 Å². The first-order valence-electron chi connectivity index (χ1n) is 6.16. The first-order valence-corrected chi connectivity index (χ1v) is 6.16. The van der Waals surface area contributed by atoms with Crippen molar-refractivity contribution >= 4 is 5.91 Å². The molecule has 0 saturated heterocycles. The van der Waals surface area contributed by atoms with E-state index in [1.54, 1.807) is 0 Å². The Labute approximate surface area is 98.9 Å². The lowest BCUT2D eigenvalue weighted by atomic mass is 10.1. The predicted molar refractivity (Wildman–Crippen MR) is 66.2 cm³/mol. The van der Waals surface area contributed by atoms with Gasteiger partial charge in [0.15, 0.2) is 0 Å². The van der Waals surface area contributed by atoms with Crippen molar-refractivity contribution in [1.82, 2.24) is 5.32 Å². The van der Waals surface area contributed by atoms with Crippen LogP contribution < -0.4 is 11.1 Å². The molecule has 0 radical (unpaired) electrons. The fraction of sp³-hybridized carbons (Fsp3) is 0.917. The molecule has 0 fully saturated rings. The maximum absolute atomic E-state index is 11.3. The Hall–Kier alpha value is -0.610. The van der Waals surface area contributed by atoms with Crippen LogP contribution in [0.2, 0.25) is 0 Å². The maximum atomic E-state index is 11.3. The SMILES string of the molecule is CC(N)CCCC(=O)NCCCOC(C)C. The average molecular weight is 230 g/mol. The lowest BCUT2D eigenvalue weighted by molar-refractivity contribution is -0.121. The number of carbonyl (C=O) groups excluding carboxylic acids is 1. The largest absolute Gasteiger partial charge is 0.379 e. The summed E-state index contributed by atoms with van der Waals surface area (Å²) in [6, 6.07) is 0.187. The number of hydrogen-bond donors (Lipinski definition) is 2. The molecule has 0 aromatic heterocycles. The van der Waals surface area contributed by atoms with Gasteiger partial charge in [-0.1, -0.05) is 0 Å². The summed E-state index contributed by atoms with van der Waals surface area (Å²) in [5, 5.41) is 2.87. The second-order valence-corrected chi connectivity index (χ2v) is 4.49. The van der Waals surface area contributed by atoms with E-state index >= 15 is 0 Å². The maximum Gasteiger partial charge on any atom is 0.219 e. The standard InChI is InChI=1S/C12H26N2O2/c1-10(2)16-9-5-8-14-12(15)7-4-6-11(3)13/h10-11H,4-9,13H2,1-3H3,(H,14,15). The zero-order valence-electron chi connectivity index (χ0n) is 10.8. The van der Waals surface area contributed by atoms with Crippen LogP contribution in [-0.2, 0) is 9.53 Å². The molecule has 96 valence electrons. The molecule has 0 aliphatic heterocycles. The van der Waals surface area contributed by atoms with Gasteiger partial charge in [-0.25, -0.2) is 0 Å². The van der Waals surface area contributed by atoms with Crippen molar-refractivity contribution < 1.29 is 9.53 Å². The van der Waals surface area contributed by atoms with Gasteiger partial charge in [-0.05, 0) is 40.0 Å². The highest BCUT2D eigenvalue weighted by Crippen LogP contribution is 1.98. The topological polar surface area (TPSA) is 64.4 Å². The van der Waals surface area contributed by atoms with Crippen LogP contribution in [0, 0.1) is 0 Å². The molecule has 0 spiro atoms. The highest BCUT2D eigenvalue weighted by molar-refractivity contribution is 5.75. The van der Waals surface area contributed by atoms with Crippen molar-refractivity contribution in [2.24, 2.45) is 5.73 Å². The molecule has 4 heteroatoms. The summed E-state index contributed by atoms with van der Waals surface area (Å²) < 4.78 is 5.37. The summed E-state index contributed by atoms with van der Waals surface area (Å²) in [5.41, 5.74) is 5.60. The summed E-state index contributed by atoms with van der Waals surface area (Å²) in [7, 11) is 0. The van der Waals surface area contributed by atoms with E-state index < -0.39 is 0 Å². The van der Waals surface area contributed by atoms with Gasteiger partial charge in [0.1, 0.15) is 0 Å². The van der Waals surface area contributed by atoms with E-state index in [4.69, 9.17) is 10.5 Å². The van der Waals surface area contributed by atoms with Gasteiger partial charge in [-0.3, -0.25) is 4.79 Å². The van der Waals surface area contributed by atoms with Gasteiger partial charge in [0.2, 0.25) is 5.91 Å². The van der Waals surface area contributed by atoms with Crippen molar-refractivity contribution in [3.63, 3.8) is 0 Å². The molecule has 1 unspecified atom stereocenters. The summed E-state index contributed by atoms with van der Waals surface area (Å²) in [4.78, 5) is 11.3. The highest BCUT2D eigenvalue weighted by Gasteiger charge is 2.01. The molecule has 0 rings (SSSR count). The van der Waals surface area contributed by atoms with Gasteiger partial charge in [-0.15, -0.1) is 0 Å². The minimum Gasteiger partial charge on any atom is -0.379 e. The quantitative estimate of drug-likeness (QED) is 0.589. The molecule has 3 N–H and O–H groups in total.